The number of anilines is 4. The van der Waals surface area contributed by atoms with Gasteiger partial charge in [-0.25, -0.2) is 26.4 Å². The molecule has 68 heavy (non-hydrogen) atoms. The zero-order chi connectivity index (χ0) is 49.8. The van der Waals surface area contributed by atoms with Gasteiger partial charge in [-0.3, -0.25) is 0 Å². The summed E-state index contributed by atoms with van der Waals surface area (Å²) in [5.74, 6) is -5.02. The number of halogens is 2. The molecule has 0 spiro atoms. The Hall–Kier alpha value is -5.12. The van der Waals surface area contributed by atoms with Crippen LogP contribution in [0.1, 0.15) is 66.2 Å². The number of hydrogen-bond donors (Lipinski definition) is 2. The van der Waals surface area contributed by atoms with Gasteiger partial charge in [0.25, 0.3) is 0 Å². The molecular formula is C48H58F2N4O10S4. The maximum absolute atomic E-state index is 13.7. The van der Waals surface area contributed by atoms with E-state index in [-0.39, 0.29) is 33.4 Å². The van der Waals surface area contributed by atoms with Gasteiger partial charge in [0.15, 0.2) is 0 Å². The van der Waals surface area contributed by atoms with Crippen LogP contribution < -0.4 is 19.3 Å². The van der Waals surface area contributed by atoms with Gasteiger partial charge < -0.3 is 29.5 Å². The smallest absolute Gasteiger partial charge is 0.368 e. The van der Waals surface area contributed by atoms with Crippen LogP contribution in [0.4, 0.5) is 31.5 Å². The summed E-state index contributed by atoms with van der Waals surface area (Å²) in [6.07, 6.45) is 6.03. The van der Waals surface area contributed by atoms with Crippen LogP contribution in [0, 0.1) is 0 Å². The van der Waals surface area contributed by atoms with Gasteiger partial charge in [-0.1, -0.05) is 89.8 Å². The number of fused-ring (bicyclic) bond motifs is 2. The number of unbranched alkanes of at least 4 members (excludes halogenated alkanes) is 2. The van der Waals surface area contributed by atoms with Crippen LogP contribution >= 0.6 is 23.5 Å². The molecule has 0 aromatic heterocycles. The van der Waals surface area contributed by atoms with Crippen molar-refractivity contribution in [2.45, 2.75) is 97.9 Å². The van der Waals surface area contributed by atoms with Gasteiger partial charge >= 0.3 is 11.9 Å². The average molecular weight is 1020 g/mol. The number of ether oxygens (including phenoxy) is 2. The Morgan fingerprint density at radius 1 is 0.632 bits per heavy atom. The molecule has 14 nitrogen and oxygen atoms in total. The summed E-state index contributed by atoms with van der Waals surface area (Å²) in [7, 11) is -4.68. The number of thioether (sulfide) groups is 2. The maximum Gasteiger partial charge on any atom is 0.368 e. The van der Waals surface area contributed by atoms with Gasteiger partial charge in [-0.05, 0) is 60.7 Å². The topological polar surface area (TPSA) is 174 Å². The second-order valence-electron chi connectivity index (χ2n) is 15.7. The predicted molar refractivity (Wildman–Crippen MR) is 264 cm³/mol. The number of rotatable bonds is 18. The normalized spacial score (nSPS) is 18.3. The minimum Gasteiger partial charge on any atom is -0.476 e. The predicted octanol–water partition coefficient (Wildman–Crippen LogP) is 10.8. The molecule has 0 bridgehead atoms. The van der Waals surface area contributed by atoms with Crippen molar-refractivity contribution in [1.82, 2.24) is 8.61 Å². The van der Waals surface area contributed by atoms with Crippen LogP contribution in [-0.4, -0.2) is 98.4 Å². The molecule has 4 aromatic rings. The summed E-state index contributed by atoms with van der Waals surface area (Å²) in [5.41, 5.74) is 2.72. The van der Waals surface area contributed by atoms with Gasteiger partial charge in [-0.15, -0.1) is 23.5 Å². The van der Waals surface area contributed by atoms with Crippen molar-refractivity contribution in [2.75, 3.05) is 48.5 Å². The van der Waals surface area contributed by atoms with E-state index in [2.05, 4.69) is 13.8 Å². The molecular weight excluding hydrogens is 959 g/mol. The van der Waals surface area contributed by atoms with Crippen molar-refractivity contribution in [3.05, 3.63) is 109 Å². The SMILES string of the molecule is CCCC[C@@H]1CN(c2ccccc2)c2cc(SCC)c(O/C=C(\F)C(=O)O)cc2S(=O)(=O)N1C.CCCC[C@H]1CN(c2ccccc2)c2cc(SCC)c(O/C=C(\F)C(=O)O)cc2S(=O)(=O)N1C. The molecule has 2 N–H and O–H groups in total. The van der Waals surface area contributed by atoms with E-state index in [1.165, 1.54) is 44.3 Å². The lowest BCUT2D eigenvalue weighted by Crippen LogP contribution is -2.40. The summed E-state index contributed by atoms with van der Waals surface area (Å²) >= 11 is 2.79. The first-order chi connectivity index (χ1) is 32.4. The highest BCUT2D eigenvalue weighted by Crippen LogP contribution is 2.46. The molecule has 2 aliphatic heterocycles. The van der Waals surface area contributed by atoms with E-state index in [0.717, 1.165) is 37.1 Å². The minimum atomic E-state index is -3.92. The minimum absolute atomic E-state index is 0.0254. The standard InChI is InChI=1S/2C24H29FN2O5S2/c2*1-4-6-10-18-15-27(17-11-8-7-9-12-17)20-13-22(33-5-2)21(32-16-19(25)24(28)29)14-23(20)34(30,31)26(18)3/h2*7-9,11-14,16,18H,4-6,10,15H2,1-3H3,(H,28,29)/b2*19-16-/t2*18-/m10/s1. The fraction of sp³-hybridized carbons (Fsp3) is 0.375. The zero-order valence-electron chi connectivity index (χ0n) is 38.8. The van der Waals surface area contributed by atoms with E-state index in [0.29, 0.717) is 71.1 Å². The molecule has 2 aliphatic rings. The second-order valence-corrected chi connectivity index (χ2v) is 22.2. The largest absolute Gasteiger partial charge is 0.476 e. The van der Waals surface area contributed by atoms with E-state index in [1.807, 2.05) is 84.3 Å². The third kappa shape index (κ3) is 12.7. The highest BCUT2D eigenvalue weighted by molar-refractivity contribution is 7.99. The number of para-hydroxylation sites is 2. The quantitative estimate of drug-likeness (QED) is 0.0547. The molecule has 20 heteroatoms. The van der Waals surface area contributed by atoms with Crippen LogP contribution in [0.15, 0.2) is 129 Å². The van der Waals surface area contributed by atoms with Crippen molar-refractivity contribution in [2.24, 2.45) is 0 Å². The fourth-order valence-electron chi connectivity index (χ4n) is 7.63. The monoisotopic (exact) mass is 1020 g/mol. The lowest BCUT2D eigenvalue weighted by molar-refractivity contribution is -0.135. The summed E-state index contributed by atoms with van der Waals surface area (Å²) in [6.45, 7) is 8.92. The number of nitrogens with zero attached hydrogens (tertiary/aromatic N) is 4. The molecule has 0 radical (unpaired) electrons. The Labute approximate surface area is 406 Å². The first-order valence-electron chi connectivity index (χ1n) is 22.1. The maximum atomic E-state index is 13.7. The van der Waals surface area contributed by atoms with Gasteiger partial charge in [0.05, 0.1) is 21.2 Å². The van der Waals surface area contributed by atoms with Gasteiger partial charge in [0.1, 0.15) is 33.8 Å². The molecule has 0 aliphatic carbocycles. The molecule has 0 amide bonds. The number of carboxylic acids is 2. The molecule has 0 saturated heterocycles. The van der Waals surface area contributed by atoms with E-state index >= 15 is 0 Å². The molecule has 6 rings (SSSR count). The van der Waals surface area contributed by atoms with Crippen molar-refractivity contribution < 1.29 is 54.9 Å². The Morgan fingerprint density at radius 2 is 0.985 bits per heavy atom. The molecule has 0 fully saturated rings. The van der Waals surface area contributed by atoms with Gasteiger partial charge in [0.2, 0.25) is 31.7 Å². The summed E-state index contributed by atoms with van der Waals surface area (Å²) in [5, 5.41) is 17.6. The first kappa shape index (κ1) is 53.8. The lowest BCUT2D eigenvalue weighted by Gasteiger charge is -2.29. The number of sulfonamides is 2. The Balaban J connectivity index is 0.000000254. The highest BCUT2D eigenvalue weighted by atomic mass is 32.2. The van der Waals surface area contributed by atoms with Gasteiger partial charge in [0, 0.05) is 62.8 Å². The molecule has 2 atom stereocenters. The highest BCUT2D eigenvalue weighted by Gasteiger charge is 2.39. The Kier molecular flexibility index (Phi) is 19.3. The Morgan fingerprint density at radius 3 is 1.29 bits per heavy atom. The van der Waals surface area contributed by atoms with Crippen LogP contribution in [-0.2, 0) is 29.6 Å². The van der Waals surface area contributed by atoms with Gasteiger partial charge in [-0.2, -0.15) is 17.4 Å². The van der Waals surface area contributed by atoms with E-state index in [9.17, 15) is 35.2 Å². The summed E-state index contributed by atoms with van der Waals surface area (Å²) in [4.78, 5) is 26.9. The number of aliphatic carboxylic acids is 2. The van der Waals surface area contributed by atoms with Crippen molar-refractivity contribution in [3.8, 4) is 11.5 Å². The molecule has 4 aromatic carbocycles. The molecule has 0 saturated carbocycles. The number of carbonyl (C=O) groups is 2. The second kappa shape index (κ2) is 24.4. The molecule has 0 unspecified atom stereocenters. The van der Waals surface area contributed by atoms with Crippen LogP contribution in [0.3, 0.4) is 0 Å². The van der Waals surface area contributed by atoms with E-state index < -0.39 is 43.6 Å². The van der Waals surface area contributed by atoms with Crippen LogP contribution in [0.5, 0.6) is 11.5 Å². The fourth-order valence-corrected chi connectivity index (χ4v) is 12.3. The Bertz CT molecular complexity index is 2490. The average Bonchev–Trinajstić information content (AvgIpc) is 3.45. The lowest BCUT2D eigenvalue weighted by atomic mass is 10.1. The number of carboxylic acid groups (broad SMARTS) is 2. The van der Waals surface area contributed by atoms with Crippen LogP contribution in [0.25, 0.3) is 0 Å². The zero-order valence-corrected chi connectivity index (χ0v) is 42.1. The molecule has 2 heterocycles. The van der Waals surface area contributed by atoms with E-state index in [4.69, 9.17) is 19.7 Å². The van der Waals surface area contributed by atoms with Crippen molar-refractivity contribution in [3.63, 3.8) is 0 Å². The number of hydrogen-bond acceptors (Lipinski definition) is 12. The molecule has 368 valence electrons. The van der Waals surface area contributed by atoms with Crippen molar-refractivity contribution >= 4 is 78.3 Å². The van der Waals surface area contributed by atoms with E-state index in [1.54, 1.807) is 26.2 Å². The van der Waals surface area contributed by atoms with Crippen LogP contribution in [0.2, 0.25) is 0 Å². The number of likely N-dealkylation sites (N-methyl/N-ethyl adjacent to an activating group) is 2. The summed E-state index contributed by atoms with van der Waals surface area (Å²) in [6, 6.07) is 24.8. The summed E-state index contributed by atoms with van der Waals surface area (Å²) < 4.78 is 95.4. The first-order valence-corrected chi connectivity index (χ1v) is 27.0. The third-order valence-corrected chi connectivity index (χ3v) is 17.0. The van der Waals surface area contributed by atoms with Crippen molar-refractivity contribution in [1.29, 1.82) is 0 Å². The third-order valence-electron chi connectivity index (χ3n) is 11.3. The number of benzene rings is 4.